The summed E-state index contributed by atoms with van der Waals surface area (Å²) < 4.78 is 1.81. The SMILES string of the molecule is CCn1c(SCC(=O)Nc2cccc([N+](=O)[O-])c2)nnc1-c1ccccc1O. The van der Waals surface area contributed by atoms with Gasteiger partial charge in [-0.15, -0.1) is 10.2 Å². The smallest absolute Gasteiger partial charge is 0.271 e. The third-order valence-electron chi connectivity index (χ3n) is 3.85. The predicted molar refractivity (Wildman–Crippen MR) is 105 cm³/mol. The van der Waals surface area contributed by atoms with Crippen LogP contribution in [-0.4, -0.2) is 36.5 Å². The first-order chi connectivity index (χ1) is 13.5. The first-order valence-corrected chi connectivity index (χ1v) is 9.36. The lowest BCUT2D eigenvalue weighted by molar-refractivity contribution is -0.384. The number of aromatic hydroxyl groups is 1. The molecule has 0 atom stereocenters. The average molecular weight is 399 g/mol. The fourth-order valence-corrected chi connectivity index (χ4v) is 3.37. The second-order valence-electron chi connectivity index (χ2n) is 5.71. The van der Waals surface area contributed by atoms with Crippen LogP contribution in [0.2, 0.25) is 0 Å². The molecule has 0 radical (unpaired) electrons. The van der Waals surface area contributed by atoms with Crippen LogP contribution in [0.1, 0.15) is 6.92 Å². The first-order valence-electron chi connectivity index (χ1n) is 8.38. The third kappa shape index (κ3) is 4.29. The molecule has 0 saturated carbocycles. The molecule has 3 aromatic rings. The summed E-state index contributed by atoms with van der Waals surface area (Å²) in [5.74, 6) is 0.355. The molecule has 0 aliphatic carbocycles. The molecule has 1 aromatic heterocycles. The number of nitro benzene ring substituents is 1. The van der Waals surface area contributed by atoms with E-state index in [1.807, 2.05) is 6.92 Å². The summed E-state index contributed by atoms with van der Waals surface area (Å²) in [6, 6.07) is 12.6. The Labute approximate surface area is 164 Å². The highest BCUT2D eigenvalue weighted by molar-refractivity contribution is 7.99. The second kappa shape index (κ2) is 8.53. The van der Waals surface area contributed by atoms with Gasteiger partial charge in [0.05, 0.1) is 16.2 Å². The average Bonchev–Trinajstić information content (AvgIpc) is 3.09. The molecule has 0 bridgehead atoms. The van der Waals surface area contributed by atoms with Crippen molar-refractivity contribution in [3.63, 3.8) is 0 Å². The van der Waals surface area contributed by atoms with Crippen molar-refractivity contribution in [1.29, 1.82) is 0 Å². The lowest BCUT2D eigenvalue weighted by Crippen LogP contribution is -2.14. The number of carbonyl (C=O) groups is 1. The van der Waals surface area contributed by atoms with Gasteiger partial charge in [-0.25, -0.2) is 0 Å². The topological polar surface area (TPSA) is 123 Å². The van der Waals surface area contributed by atoms with Gasteiger partial charge < -0.3 is 15.0 Å². The monoisotopic (exact) mass is 399 g/mol. The molecule has 0 fully saturated rings. The third-order valence-corrected chi connectivity index (χ3v) is 4.82. The number of phenols is 1. The van der Waals surface area contributed by atoms with E-state index in [1.54, 1.807) is 34.9 Å². The number of rotatable bonds is 7. The highest BCUT2D eigenvalue weighted by Gasteiger charge is 2.17. The summed E-state index contributed by atoms with van der Waals surface area (Å²) in [6.07, 6.45) is 0. The number of nitrogens with one attached hydrogen (secondary N) is 1. The molecule has 3 rings (SSSR count). The summed E-state index contributed by atoms with van der Waals surface area (Å²) in [6.45, 7) is 2.48. The molecule has 2 aromatic carbocycles. The van der Waals surface area contributed by atoms with Gasteiger partial charge in [0.25, 0.3) is 5.69 Å². The van der Waals surface area contributed by atoms with Gasteiger partial charge in [-0.05, 0) is 25.1 Å². The van der Waals surface area contributed by atoms with Gasteiger partial charge in [-0.3, -0.25) is 14.9 Å². The van der Waals surface area contributed by atoms with Gasteiger partial charge in [0.15, 0.2) is 11.0 Å². The number of thioether (sulfide) groups is 1. The van der Waals surface area contributed by atoms with E-state index in [0.29, 0.717) is 28.8 Å². The van der Waals surface area contributed by atoms with Crippen LogP contribution in [0.5, 0.6) is 5.75 Å². The van der Waals surface area contributed by atoms with E-state index in [4.69, 9.17) is 0 Å². The minimum Gasteiger partial charge on any atom is -0.507 e. The van der Waals surface area contributed by atoms with Crippen molar-refractivity contribution in [2.75, 3.05) is 11.1 Å². The zero-order valence-corrected chi connectivity index (χ0v) is 15.7. The molecule has 0 spiro atoms. The summed E-state index contributed by atoms with van der Waals surface area (Å²) in [4.78, 5) is 22.5. The van der Waals surface area contributed by atoms with E-state index in [-0.39, 0.29) is 23.1 Å². The first kappa shape index (κ1) is 19.4. The predicted octanol–water partition coefficient (Wildman–Crippen LogP) is 3.31. The number of non-ortho nitro benzene ring substituents is 1. The quantitative estimate of drug-likeness (QED) is 0.355. The number of anilines is 1. The lowest BCUT2D eigenvalue weighted by Gasteiger charge is -2.08. The number of nitro groups is 1. The van der Waals surface area contributed by atoms with E-state index in [9.17, 15) is 20.0 Å². The minimum absolute atomic E-state index is 0.0571. The normalized spacial score (nSPS) is 10.6. The molecule has 0 unspecified atom stereocenters. The fourth-order valence-electron chi connectivity index (χ4n) is 2.57. The van der Waals surface area contributed by atoms with Gasteiger partial charge >= 0.3 is 0 Å². The number of phenolic OH excluding ortho intramolecular Hbond substituents is 1. The van der Waals surface area contributed by atoms with Crippen LogP contribution in [0.4, 0.5) is 11.4 Å². The molecule has 2 N–H and O–H groups in total. The van der Waals surface area contributed by atoms with E-state index in [1.165, 1.54) is 30.0 Å². The molecule has 144 valence electrons. The molecule has 10 heteroatoms. The van der Waals surface area contributed by atoms with Crippen LogP contribution in [0, 0.1) is 10.1 Å². The number of amides is 1. The Balaban J connectivity index is 1.69. The van der Waals surface area contributed by atoms with Crippen molar-refractivity contribution in [1.82, 2.24) is 14.8 Å². The van der Waals surface area contributed by atoms with Gasteiger partial charge in [0, 0.05) is 24.4 Å². The number of hydrogen-bond acceptors (Lipinski definition) is 7. The van der Waals surface area contributed by atoms with Crippen molar-refractivity contribution in [2.24, 2.45) is 0 Å². The Morgan fingerprint density at radius 2 is 2.04 bits per heavy atom. The zero-order chi connectivity index (χ0) is 20.1. The molecular formula is C18H17N5O4S. The highest BCUT2D eigenvalue weighted by Crippen LogP contribution is 2.30. The molecule has 9 nitrogen and oxygen atoms in total. The van der Waals surface area contributed by atoms with Crippen molar-refractivity contribution in [3.8, 4) is 17.1 Å². The van der Waals surface area contributed by atoms with Crippen molar-refractivity contribution < 1.29 is 14.8 Å². The summed E-state index contributed by atoms with van der Waals surface area (Å²) >= 11 is 1.19. The zero-order valence-electron chi connectivity index (χ0n) is 14.9. The minimum atomic E-state index is -0.519. The number of para-hydroxylation sites is 1. The van der Waals surface area contributed by atoms with E-state index in [2.05, 4.69) is 15.5 Å². The maximum atomic E-state index is 12.2. The number of nitrogens with zero attached hydrogens (tertiary/aromatic N) is 4. The molecule has 28 heavy (non-hydrogen) atoms. The number of hydrogen-bond donors (Lipinski definition) is 2. The van der Waals surface area contributed by atoms with Crippen molar-refractivity contribution >= 4 is 29.0 Å². The van der Waals surface area contributed by atoms with Crippen LogP contribution in [-0.2, 0) is 11.3 Å². The molecular weight excluding hydrogens is 382 g/mol. The second-order valence-corrected chi connectivity index (χ2v) is 6.65. The highest BCUT2D eigenvalue weighted by atomic mass is 32.2. The Morgan fingerprint density at radius 3 is 2.75 bits per heavy atom. The standard InChI is InChI=1S/C18H17N5O4S/c1-2-22-17(14-8-3-4-9-15(14)24)20-21-18(22)28-11-16(25)19-12-6-5-7-13(10-12)23(26)27/h3-10,24H,2,11H2,1H3,(H,19,25). The summed E-state index contributed by atoms with van der Waals surface area (Å²) in [5.41, 5.74) is 0.819. The fraction of sp³-hybridized carbons (Fsp3) is 0.167. The molecule has 0 aliphatic rings. The van der Waals surface area contributed by atoms with Crippen LogP contribution in [0.15, 0.2) is 53.7 Å². The van der Waals surface area contributed by atoms with Crippen LogP contribution in [0.25, 0.3) is 11.4 Å². The maximum Gasteiger partial charge on any atom is 0.271 e. The van der Waals surface area contributed by atoms with Gasteiger partial charge in [-0.2, -0.15) is 0 Å². The van der Waals surface area contributed by atoms with E-state index in [0.717, 1.165) is 0 Å². The Morgan fingerprint density at radius 1 is 1.25 bits per heavy atom. The van der Waals surface area contributed by atoms with Crippen molar-refractivity contribution in [3.05, 3.63) is 58.6 Å². The molecule has 0 saturated heterocycles. The van der Waals surface area contributed by atoms with Crippen LogP contribution in [0.3, 0.4) is 0 Å². The number of carbonyl (C=O) groups excluding carboxylic acids is 1. The Kier molecular flexibility index (Phi) is 5.90. The molecule has 0 aliphatic heterocycles. The summed E-state index contributed by atoms with van der Waals surface area (Å²) in [5, 5.41) is 32.3. The van der Waals surface area contributed by atoms with Crippen LogP contribution < -0.4 is 5.32 Å². The number of aromatic nitrogens is 3. The maximum absolute atomic E-state index is 12.2. The van der Waals surface area contributed by atoms with E-state index >= 15 is 0 Å². The van der Waals surface area contributed by atoms with Gasteiger partial charge in [-0.1, -0.05) is 30.0 Å². The summed E-state index contributed by atoms with van der Waals surface area (Å²) in [7, 11) is 0. The molecule has 1 heterocycles. The van der Waals surface area contributed by atoms with Gasteiger partial charge in [0.1, 0.15) is 5.75 Å². The molecule has 1 amide bonds. The van der Waals surface area contributed by atoms with Gasteiger partial charge in [0.2, 0.25) is 5.91 Å². The lowest BCUT2D eigenvalue weighted by atomic mass is 10.2. The van der Waals surface area contributed by atoms with E-state index < -0.39 is 4.92 Å². The number of benzene rings is 2. The Hall–Kier alpha value is -3.40. The van der Waals surface area contributed by atoms with Crippen molar-refractivity contribution in [2.45, 2.75) is 18.6 Å². The largest absolute Gasteiger partial charge is 0.507 e. The Bertz CT molecular complexity index is 1020. The van der Waals surface area contributed by atoms with Crippen LogP contribution >= 0.6 is 11.8 Å².